The Morgan fingerprint density at radius 2 is 2.19 bits per heavy atom. The van der Waals surface area contributed by atoms with Crippen LogP contribution in [-0.4, -0.2) is 36.8 Å². The molecule has 1 aromatic carbocycles. The molecule has 0 spiro atoms. The normalized spacial score (nSPS) is 12.2. The van der Waals surface area contributed by atoms with E-state index in [2.05, 4.69) is 4.98 Å². The van der Waals surface area contributed by atoms with Crippen molar-refractivity contribution in [1.29, 1.82) is 0 Å². The van der Waals surface area contributed by atoms with Crippen LogP contribution >= 0.6 is 0 Å². The lowest BCUT2D eigenvalue weighted by atomic mass is 10.2. The van der Waals surface area contributed by atoms with Gasteiger partial charge in [-0.25, -0.2) is 4.98 Å². The number of hydrogen-bond donors (Lipinski definition) is 2. The van der Waals surface area contributed by atoms with Crippen molar-refractivity contribution in [3.63, 3.8) is 0 Å². The number of aromatic nitrogens is 2. The van der Waals surface area contributed by atoms with Crippen LogP contribution in [0.4, 0.5) is 5.69 Å². The number of nitro groups is 1. The summed E-state index contributed by atoms with van der Waals surface area (Å²) in [5.41, 5.74) is -0.534. The number of hydrogen-bond acceptors (Lipinski definition) is 6. The monoisotopic (exact) mass is 293 g/mol. The van der Waals surface area contributed by atoms with Crippen molar-refractivity contribution in [3.8, 4) is 0 Å². The summed E-state index contributed by atoms with van der Waals surface area (Å²) in [6, 6.07) is 3.69. The quantitative estimate of drug-likeness (QED) is 0.591. The number of non-ortho nitro benzene ring substituents is 1. The van der Waals surface area contributed by atoms with Crippen molar-refractivity contribution in [2.75, 3.05) is 0 Å². The lowest BCUT2D eigenvalue weighted by Gasteiger charge is -2.10. The topological polar surface area (TPSA) is 136 Å². The van der Waals surface area contributed by atoms with Gasteiger partial charge in [0.25, 0.3) is 11.2 Å². The first-order chi connectivity index (χ1) is 9.88. The Hall–Kier alpha value is -2.81. The van der Waals surface area contributed by atoms with Gasteiger partial charge in [-0.05, 0) is 6.07 Å². The van der Waals surface area contributed by atoms with Gasteiger partial charge in [0, 0.05) is 12.1 Å². The molecule has 0 saturated heterocycles. The summed E-state index contributed by atoms with van der Waals surface area (Å²) in [5.74, 6) is -1.19. The van der Waals surface area contributed by atoms with E-state index in [1.54, 1.807) is 0 Å². The number of rotatable bonds is 5. The van der Waals surface area contributed by atoms with Crippen LogP contribution in [0.5, 0.6) is 0 Å². The molecule has 1 heterocycles. The zero-order valence-corrected chi connectivity index (χ0v) is 10.7. The van der Waals surface area contributed by atoms with Crippen LogP contribution in [0.1, 0.15) is 6.42 Å². The van der Waals surface area contributed by atoms with Crippen LogP contribution in [0.3, 0.4) is 0 Å². The summed E-state index contributed by atoms with van der Waals surface area (Å²) in [7, 11) is 0. The van der Waals surface area contributed by atoms with Crippen molar-refractivity contribution in [2.45, 2.75) is 19.1 Å². The third-order valence-corrected chi connectivity index (χ3v) is 2.84. The summed E-state index contributed by atoms with van der Waals surface area (Å²) in [6.07, 6.45) is -0.598. The Labute approximate surface area is 117 Å². The van der Waals surface area contributed by atoms with Crippen LogP contribution < -0.4 is 5.56 Å². The average molecular weight is 293 g/mol. The van der Waals surface area contributed by atoms with Crippen molar-refractivity contribution >= 4 is 22.6 Å². The van der Waals surface area contributed by atoms with Gasteiger partial charge in [0.15, 0.2) is 0 Å². The third-order valence-electron chi connectivity index (χ3n) is 2.84. The molecule has 0 radical (unpaired) electrons. The van der Waals surface area contributed by atoms with Gasteiger partial charge >= 0.3 is 5.97 Å². The van der Waals surface area contributed by atoms with Crippen LogP contribution in [0.15, 0.2) is 29.3 Å². The number of carboxylic acids is 1. The first-order valence-corrected chi connectivity index (χ1v) is 5.92. The zero-order valence-electron chi connectivity index (χ0n) is 10.7. The maximum Gasteiger partial charge on any atom is 0.306 e. The molecule has 0 aliphatic heterocycles. The molecule has 1 atom stereocenters. The molecule has 9 nitrogen and oxygen atoms in total. The third kappa shape index (κ3) is 3.20. The molecule has 0 aliphatic carbocycles. The number of aliphatic carboxylic acids is 1. The standard InChI is InChI=1S/C12H11N3O6/c16-8(4-11(17)18)5-14-6-13-10-2-1-7(15(20)21)3-9(10)12(14)19/h1-3,6,8,16H,4-5H2,(H,17,18). The molecule has 9 heteroatoms. The van der Waals surface area contributed by atoms with Gasteiger partial charge in [-0.3, -0.25) is 24.3 Å². The van der Waals surface area contributed by atoms with Crippen LogP contribution in [0, 0.1) is 10.1 Å². The van der Waals surface area contributed by atoms with Gasteiger partial charge in [-0.15, -0.1) is 0 Å². The minimum absolute atomic E-state index is 0.0363. The fourth-order valence-electron chi connectivity index (χ4n) is 1.88. The van der Waals surface area contributed by atoms with Crippen molar-refractivity contribution in [2.24, 2.45) is 0 Å². The van der Waals surface area contributed by atoms with Crippen molar-refractivity contribution < 1.29 is 19.9 Å². The van der Waals surface area contributed by atoms with E-state index in [0.717, 1.165) is 10.6 Å². The summed E-state index contributed by atoms with van der Waals surface area (Å²) in [6.45, 7) is -0.253. The lowest BCUT2D eigenvalue weighted by Crippen LogP contribution is -2.28. The van der Waals surface area contributed by atoms with Crippen LogP contribution in [-0.2, 0) is 11.3 Å². The molecule has 1 aromatic heterocycles. The molecule has 110 valence electrons. The van der Waals surface area contributed by atoms with E-state index in [4.69, 9.17) is 5.11 Å². The number of nitrogens with zero attached hydrogens (tertiary/aromatic N) is 3. The highest BCUT2D eigenvalue weighted by atomic mass is 16.6. The SMILES string of the molecule is O=C(O)CC(O)Cn1cnc2ccc([N+](=O)[O-])cc2c1=O. The first kappa shape index (κ1) is 14.6. The smallest absolute Gasteiger partial charge is 0.306 e. The second-order valence-corrected chi connectivity index (χ2v) is 4.41. The van der Waals surface area contributed by atoms with Gasteiger partial charge in [-0.2, -0.15) is 0 Å². The maximum absolute atomic E-state index is 12.2. The second-order valence-electron chi connectivity index (χ2n) is 4.41. The summed E-state index contributed by atoms with van der Waals surface area (Å²) >= 11 is 0. The average Bonchev–Trinajstić information content (AvgIpc) is 2.40. The van der Waals surface area contributed by atoms with Gasteiger partial charge in [0.05, 0.1) is 41.2 Å². The molecule has 2 N–H and O–H groups in total. The summed E-state index contributed by atoms with van der Waals surface area (Å²) < 4.78 is 1.03. The Kier molecular flexibility index (Phi) is 3.94. The molecular weight excluding hydrogens is 282 g/mol. The van der Waals surface area contributed by atoms with Gasteiger partial charge in [-0.1, -0.05) is 0 Å². The number of carbonyl (C=O) groups is 1. The molecule has 0 aliphatic rings. The minimum Gasteiger partial charge on any atom is -0.481 e. The van der Waals surface area contributed by atoms with E-state index in [1.807, 2.05) is 0 Å². The number of fused-ring (bicyclic) bond motifs is 1. The Morgan fingerprint density at radius 3 is 2.81 bits per heavy atom. The molecule has 1 unspecified atom stereocenters. The van der Waals surface area contributed by atoms with Crippen LogP contribution in [0.2, 0.25) is 0 Å². The number of aliphatic hydroxyl groups excluding tert-OH is 1. The molecule has 0 bridgehead atoms. The molecule has 2 aromatic rings. The largest absolute Gasteiger partial charge is 0.481 e. The Bertz CT molecular complexity index is 769. The molecule has 2 rings (SSSR count). The molecule has 21 heavy (non-hydrogen) atoms. The highest BCUT2D eigenvalue weighted by molar-refractivity contribution is 5.79. The summed E-state index contributed by atoms with van der Waals surface area (Å²) in [4.78, 5) is 36.7. The Balaban J connectivity index is 2.42. The molecule has 0 saturated carbocycles. The number of nitro benzene ring substituents is 1. The Morgan fingerprint density at radius 1 is 1.48 bits per heavy atom. The first-order valence-electron chi connectivity index (χ1n) is 5.92. The predicted molar refractivity (Wildman–Crippen MR) is 70.9 cm³/mol. The van der Waals surface area contributed by atoms with E-state index in [1.165, 1.54) is 18.5 Å². The van der Waals surface area contributed by atoms with Gasteiger partial charge < -0.3 is 10.2 Å². The van der Waals surface area contributed by atoms with Gasteiger partial charge in [0.1, 0.15) is 0 Å². The van der Waals surface area contributed by atoms with Crippen molar-refractivity contribution in [3.05, 3.63) is 45.0 Å². The highest BCUT2D eigenvalue weighted by Gasteiger charge is 2.14. The predicted octanol–water partition coefficient (Wildman–Crippen LogP) is 0.140. The second kappa shape index (κ2) is 5.67. The zero-order chi connectivity index (χ0) is 15.6. The number of carboxylic acid groups (broad SMARTS) is 1. The molecular formula is C12H11N3O6. The summed E-state index contributed by atoms with van der Waals surface area (Å²) in [5, 5.41) is 28.8. The van der Waals surface area contributed by atoms with E-state index < -0.39 is 29.0 Å². The fraction of sp³-hybridized carbons (Fsp3) is 0.250. The highest BCUT2D eigenvalue weighted by Crippen LogP contribution is 2.16. The van der Waals surface area contributed by atoms with E-state index in [0.29, 0.717) is 0 Å². The number of benzene rings is 1. The van der Waals surface area contributed by atoms with Gasteiger partial charge in [0.2, 0.25) is 0 Å². The van der Waals surface area contributed by atoms with Crippen molar-refractivity contribution in [1.82, 2.24) is 9.55 Å². The molecule has 0 amide bonds. The van der Waals surface area contributed by atoms with E-state index in [-0.39, 0.29) is 23.1 Å². The lowest BCUT2D eigenvalue weighted by molar-refractivity contribution is -0.384. The maximum atomic E-state index is 12.2. The van der Waals surface area contributed by atoms with Crippen LogP contribution in [0.25, 0.3) is 10.9 Å². The minimum atomic E-state index is -1.25. The number of aliphatic hydroxyl groups is 1. The van der Waals surface area contributed by atoms with E-state index >= 15 is 0 Å². The molecule has 0 fully saturated rings. The van der Waals surface area contributed by atoms with E-state index in [9.17, 15) is 24.8 Å². The fourth-order valence-corrected chi connectivity index (χ4v) is 1.88.